The van der Waals surface area contributed by atoms with Gasteiger partial charge in [0.25, 0.3) is 0 Å². The van der Waals surface area contributed by atoms with E-state index in [0.717, 1.165) is 25.2 Å². The van der Waals surface area contributed by atoms with Crippen LogP contribution in [0.2, 0.25) is 0 Å². The molecule has 2 rings (SSSR count). The highest BCUT2D eigenvalue weighted by atomic mass is 16.5. The van der Waals surface area contributed by atoms with E-state index in [-0.39, 0.29) is 0 Å². The smallest absolute Gasteiger partial charge is 0.233 e. The van der Waals surface area contributed by atoms with Crippen LogP contribution in [-0.2, 0) is 6.54 Å². The van der Waals surface area contributed by atoms with Crippen LogP contribution in [0.25, 0.3) is 11.5 Å². The van der Waals surface area contributed by atoms with Crippen molar-refractivity contribution in [1.82, 2.24) is 25.5 Å². The van der Waals surface area contributed by atoms with E-state index in [1.165, 1.54) is 0 Å². The standard InChI is InChI=1S/C13H17N5O/c1-3-7-14-9-10-6-8-15-13(16-10)11-4-5-12(19-2)18-17-11/h4-6,8,14H,3,7,9H2,1-2H3. The number of hydrogen-bond donors (Lipinski definition) is 1. The van der Waals surface area contributed by atoms with E-state index in [0.29, 0.717) is 17.4 Å². The van der Waals surface area contributed by atoms with Gasteiger partial charge in [-0.2, -0.15) is 0 Å². The van der Waals surface area contributed by atoms with Gasteiger partial charge in [0.2, 0.25) is 5.88 Å². The van der Waals surface area contributed by atoms with Crippen molar-refractivity contribution in [1.29, 1.82) is 0 Å². The molecule has 19 heavy (non-hydrogen) atoms. The molecule has 0 aliphatic rings. The molecule has 0 aliphatic carbocycles. The molecule has 0 atom stereocenters. The molecule has 0 unspecified atom stereocenters. The van der Waals surface area contributed by atoms with Crippen molar-refractivity contribution in [3.05, 3.63) is 30.1 Å². The lowest BCUT2D eigenvalue weighted by atomic mass is 10.3. The van der Waals surface area contributed by atoms with Crippen molar-refractivity contribution in [3.8, 4) is 17.4 Å². The van der Waals surface area contributed by atoms with Crippen LogP contribution in [0, 0.1) is 0 Å². The third-order valence-corrected chi connectivity index (χ3v) is 2.52. The molecule has 0 saturated carbocycles. The second-order valence-electron chi connectivity index (χ2n) is 4.01. The summed E-state index contributed by atoms with van der Waals surface area (Å²) < 4.78 is 4.97. The van der Waals surface area contributed by atoms with Crippen molar-refractivity contribution in [2.24, 2.45) is 0 Å². The van der Waals surface area contributed by atoms with Crippen LogP contribution >= 0.6 is 0 Å². The van der Waals surface area contributed by atoms with Crippen LogP contribution in [0.5, 0.6) is 5.88 Å². The van der Waals surface area contributed by atoms with Crippen molar-refractivity contribution < 1.29 is 4.74 Å². The summed E-state index contributed by atoms with van der Waals surface area (Å²) in [6.45, 7) is 3.83. The second kappa shape index (κ2) is 6.75. The van der Waals surface area contributed by atoms with Gasteiger partial charge in [0.15, 0.2) is 5.82 Å². The summed E-state index contributed by atoms with van der Waals surface area (Å²) >= 11 is 0. The molecule has 100 valence electrons. The van der Waals surface area contributed by atoms with Crippen LogP contribution in [-0.4, -0.2) is 33.8 Å². The molecule has 0 spiro atoms. The van der Waals surface area contributed by atoms with Gasteiger partial charge in [0.1, 0.15) is 5.69 Å². The summed E-state index contributed by atoms with van der Waals surface area (Å²) in [6, 6.07) is 5.43. The maximum atomic E-state index is 4.97. The lowest BCUT2D eigenvalue weighted by Gasteiger charge is -2.04. The first-order valence-electron chi connectivity index (χ1n) is 6.24. The molecular weight excluding hydrogens is 242 g/mol. The van der Waals surface area contributed by atoms with Crippen molar-refractivity contribution in [2.45, 2.75) is 19.9 Å². The lowest BCUT2D eigenvalue weighted by Crippen LogP contribution is -2.15. The zero-order valence-electron chi connectivity index (χ0n) is 11.1. The van der Waals surface area contributed by atoms with Crippen molar-refractivity contribution >= 4 is 0 Å². The number of nitrogens with zero attached hydrogens (tertiary/aromatic N) is 4. The zero-order chi connectivity index (χ0) is 13.5. The molecule has 2 heterocycles. The second-order valence-corrected chi connectivity index (χ2v) is 4.01. The fourth-order valence-electron chi connectivity index (χ4n) is 1.56. The van der Waals surface area contributed by atoms with Crippen LogP contribution in [0.1, 0.15) is 19.0 Å². The molecule has 6 heteroatoms. The summed E-state index contributed by atoms with van der Waals surface area (Å²) in [6.07, 6.45) is 2.83. The maximum absolute atomic E-state index is 4.97. The van der Waals surface area contributed by atoms with Gasteiger partial charge >= 0.3 is 0 Å². The number of nitrogens with one attached hydrogen (secondary N) is 1. The van der Waals surface area contributed by atoms with Gasteiger partial charge < -0.3 is 10.1 Å². The van der Waals surface area contributed by atoms with Crippen LogP contribution < -0.4 is 10.1 Å². The maximum Gasteiger partial charge on any atom is 0.233 e. The molecule has 6 nitrogen and oxygen atoms in total. The van der Waals surface area contributed by atoms with E-state index >= 15 is 0 Å². The Kier molecular flexibility index (Phi) is 4.74. The van der Waals surface area contributed by atoms with E-state index < -0.39 is 0 Å². The molecule has 0 aromatic carbocycles. The normalized spacial score (nSPS) is 10.4. The van der Waals surface area contributed by atoms with E-state index in [2.05, 4.69) is 32.4 Å². The van der Waals surface area contributed by atoms with Crippen LogP contribution in [0.15, 0.2) is 24.4 Å². The van der Waals surface area contributed by atoms with Crippen LogP contribution in [0.3, 0.4) is 0 Å². The largest absolute Gasteiger partial charge is 0.480 e. The quantitative estimate of drug-likeness (QED) is 0.791. The number of ether oxygens (including phenoxy) is 1. The highest BCUT2D eigenvalue weighted by molar-refractivity contribution is 5.48. The van der Waals surface area contributed by atoms with E-state index in [4.69, 9.17) is 4.74 Å². The average Bonchev–Trinajstić information content (AvgIpc) is 2.48. The summed E-state index contributed by atoms with van der Waals surface area (Å²) in [7, 11) is 1.56. The molecule has 0 radical (unpaired) electrons. The fraction of sp³-hybridized carbons (Fsp3) is 0.385. The van der Waals surface area contributed by atoms with Gasteiger partial charge in [-0.15, -0.1) is 10.2 Å². The van der Waals surface area contributed by atoms with E-state index in [1.54, 1.807) is 25.4 Å². The third kappa shape index (κ3) is 3.69. The molecule has 1 N–H and O–H groups in total. The number of hydrogen-bond acceptors (Lipinski definition) is 6. The first-order valence-corrected chi connectivity index (χ1v) is 6.24. The van der Waals surface area contributed by atoms with Crippen molar-refractivity contribution in [2.75, 3.05) is 13.7 Å². The monoisotopic (exact) mass is 259 g/mol. The molecule has 0 fully saturated rings. The molecular formula is C13H17N5O. The Hall–Kier alpha value is -2.08. The van der Waals surface area contributed by atoms with Gasteiger partial charge in [-0.1, -0.05) is 6.92 Å². The number of methoxy groups -OCH3 is 1. The minimum atomic E-state index is 0.476. The summed E-state index contributed by atoms with van der Waals surface area (Å²) in [4.78, 5) is 8.66. The number of rotatable bonds is 6. The lowest BCUT2D eigenvalue weighted by molar-refractivity contribution is 0.392. The molecule has 2 aromatic heterocycles. The van der Waals surface area contributed by atoms with E-state index in [1.807, 2.05) is 6.07 Å². The molecule has 0 saturated heterocycles. The highest BCUT2D eigenvalue weighted by Gasteiger charge is 2.05. The summed E-state index contributed by atoms with van der Waals surface area (Å²) in [5.74, 6) is 1.05. The topological polar surface area (TPSA) is 72.8 Å². The Morgan fingerprint density at radius 1 is 1.21 bits per heavy atom. The van der Waals surface area contributed by atoms with E-state index in [9.17, 15) is 0 Å². The fourth-order valence-corrected chi connectivity index (χ4v) is 1.56. The van der Waals surface area contributed by atoms with Gasteiger partial charge in [-0.25, -0.2) is 9.97 Å². The minimum absolute atomic E-state index is 0.476. The molecule has 2 aromatic rings. The Bertz CT molecular complexity index is 515. The molecule has 0 aliphatic heterocycles. The first-order chi connectivity index (χ1) is 9.33. The Morgan fingerprint density at radius 2 is 2.11 bits per heavy atom. The van der Waals surface area contributed by atoms with Gasteiger partial charge in [0, 0.05) is 18.8 Å². The third-order valence-electron chi connectivity index (χ3n) is 2.52. The van der Waals surface area contributed by atoms with Gasteiger partial charge in [-0.3, -0.25) is 0 Å². The zero-order valence-corrected chi connectivity index (χ0v) is 11.1. The first kappa shape index (κ1) is 13.4. The average molecular weight is 259 g/mol. The minimum Gasteiger partial charge on any atom is -0.480 e. The summed E-state index contributed by atoms with van der Waals surface area (Å²) in [5.41, 5.74) is 1.58. The van der Waals surface area contributed by atoms with Gasteiger partial charge in [-0.05, 0) is 25.1 Å². The van der Waals surface area contributed by atoms with Crippen molar-refractivity contribution in [3.63, 3.8) is 0 Å². The Morgan fingerprint density at radius 3 is 2.79 bits per heavy atom. The Balaban J connectivity index is 2.12. The van der Waals surface area contributed by atoms with Gasteiger partial charge in [0.05, 0.1) is 12.8 Å². The summed E-state index contributed by atoms with van der Waals surface area (Å²) in [5, 5.41) is 11.2. The molecule has 0 amide bonds. The highest BCUT2D eigenvalue weighted by Crippen LogP contribution is 2.13. The predicted octanol–water partition coefficient (Wildman–Crippen LogP) is 1.44. The number of aromatic nitrogens is 4. The Labute approximate surface area is 112 Å². The predicted molar refractivity (Wildman–Crippen MR) is 71.6 cm³/mol. The molecule has 0 bridgehead atoms. The van der Waals surface area contributed by atoms with Crippen LogP contribution in [0.4, 0.5) is 0 Å². The SMILES string of the molecule is CCCNCc1ccnc(-c2ccc(OC)nn2)n1.